The first-order chi connectivity index (χ1) is 8.49. The summed E-state index contributed by atoms with van der Waals surface area (Å²) in [6.07, 6.45) is -0.336. The Morgan fingerprint density at radius 2 is 2.17 bits per heavy atom. The predicted octanol–water partition coefficient (Wildman–Crippen LogP) is 2.26. The largest absolute Gasteiger partial charge is 0.493 e. The zero-order valence-corrected chi connectivity index (χ0v) is 11.5. The van der Waals surface area contributed by atoms with E-state index >= 15 is 0 Å². The third kappa shape index (κ3) is 5.58. The van der Waals surface area contributed by atoms with Crippen molar-refractivity contribution in [1.82, 2.24) is 5.32 Å². The third-order valence-corrected chi connectivity index (χ3v) is 2.82. The van der Waals surface area contributed by atoms with Crippen LogP contribution in [0.15, 0.2) is 18.2 Å². The van der Waals surface area contributed by atoms with Crippen LogP contribution in [0.25, 0.3) is 0 Å². The van der Waals surface area contributed by atoms with Crippen molar-refractivity contribution in [3.63, 3.8) is 0 Å². The highest BCUT2D eigenvalue weighted by molar-refractivity contribution is 6.42. The first kappa shape index (κ1) is 15.1. The number of aliphatic hydroxyl groups is 1. The molecule has 0 fully saturated rings. The van der Waals surface area contributed by atoms with Gasteiger partial charge in [0.2, 0.25) is 5.91 Å². The SMILES string of the molecule is C[C@H](O)CNC(=O)CCOc1ccc(Cl)c(Cl)c1. The third-order valence-electron chi connectivity index (χ3n) is 2.08. The number of halogens is 2. The average Bonchev–Trinajstić information content (AvgIpc) is 2.31. The van der Waals surface area contributed by atoms with Gasteiger partial charge in [-0.1, -0.05) is 23.2 Å². The Kier molecular flexibility index (Phi) is 6.25. The second kappa shape index (κ2) is 7.46. The van der Waals surface area contributed by atoms with Crippen LogP contribution >= 0.6 is 23.2 Å². The summed E-state index contributed by atoms with van der Waals surface area (Å²) in [6.45, 7) is 2.09. The van der Waals surface area contributed by atoms with E-state index in [0.29, 0.717) is 15.8 Å². The monoisotopic (exact) mass is 291 g/mol. The summed E-state index contributed by atoms with van der Waals surface area (Å²) in [5, 5.41) is 12.4. The minimum absolute atomic E-state index is 0.170. The van der Waals surface area contributed by atoms with Gasteiger partial charge in [0.05, 0.1) is 29.2 Å². The van der Waals surface area contributed by atoms with Crippen LogP contribution in [0.1, 0.15) is 13.3 Å². The van der Waals surface area contributed by atoms with Gasteiger partial charge in [-0.05, 0) is 19.1 Å². The van der Waals surface area contributed by atoms with E-state index in [1.54, 1.807) is 25.1 Å². The maximum absolute atomic E-state index is 11.3. The second-order valence-electron chi connectivity index (χ2n) is 3.83. The van der Waals surface area contributed by atoms with Gasteiger partial charge in [-0.25, -0.2) is 0 Å². The van der Waals surface area contributed by atoms with Crippen LogP contribution in [0, 0.1) is 0 Å². The molecule has 1 amide bonds. The molecule has 1 rings (SSSR count). The smallest absolute Gasteiger partial charge is 0.223 e. The molecule has 1 atom stereocenters. The van der Waals surface area contributed by atoms with E-state index in [1.807, 2.05) is 0 Å². The number of rotatable bonds is 6. The van der Waals surface area contributed by atoms with Crippen molar-refractivity contribution < 1.29 is 14.6 Å². The molecule has 2 N–H and O–H groups in total. The van der Waals surface area contributed by atoms with Gasteiger partial charge in [0.15, 0.2) is 0 Å². The van der Waals surface area contributed by atoms with Crippen LogP contribution in [0.4, 0.5) is 0 Å². The molecule has 0 heterocycles. The van der Waals surface area contributed by atoms with Gasteiger partial charge in [0.1, 0.15) is 5.75 Å². The summed E-state index contributed by atoms with van der Waals surface area (Å²) in [5.41, 5.74) is 0. The van der Waals surface area contributed by atoms with Crippen LogP contribution in [0.2, 0.25) is 10.0 Å². The number of hydrogen-bond donors (Lipinski definition) is 2. The van der Waals surface area contributed by atoms with Crippen LogP contribution in [0.3, 0.4) is 0 Å². The van der Waals surface area contributed by atoms with E-state index in [2.05, 4.69) is 5.32 Å². The van der Waals surface area contributed by atoms with Crippen LogP contribution < -0.4 is 10.1 Å². The number of carbonyl (C=O) groups is 1. The molecule has 0 aliphatic heterocycles. The summed E-state index contributed by atoms with van der Waals surface area (Å²) in [4.78, 5) is 11.3. The average molecular weight is 292 g/mol. The fraction of sp³-hybridized carbons (Fsp3) is 0.417. The summed E-state index contributed by atoms with van der Waals surface area (Å²) < 4.78 is 5.35. The van der Waals surface area contributed by atoms with Gasteiger partial charge in [-0.3, -0.25) is 4.79 Å². The van der Waals surface area contributed by atoms with E-state index in [1.165, 1.54) is 0 Å². The number of carbonyl (C=O) groups excluding carboxylic acids is 1. The number of amides is 1. The molecule has 18 heavy (non-hydrogen) atoms. The highest BCUT2D eigenvalue weighted by Crippen LogP contribution is 2.26. The number of hydrogen-bond acceptors (Lipinski definition) is 3. The molecule has 1 aromatic rings. The minimum Gasteiger partial charge on any atom is -0.493 e. The maximum Gasteiger partial charge on any atom is 0.223 e. The lowest BCUT2D eigenvalue weighted by Crippen LogP contribution is -2.31. The first-order valence-electron chi connectivity index (χ1n) is 5.51. The Morgan fingerprint density at radius 3 is 2.78 bits per heavy atom. The van der Waals surface area contributed by atoms with E-state index in [0.717, 1.165) is 0 Å². The van der Waals surface area contributed by atoms with Crippen LogP contribution in [-0.2, 0) is 4.79 Å². The van der Waals surface area contributed by atoms with Crippen molar-refractivity contribution in [2.45, 2.75) is 19.4 Å². The lowest BCUT2D eigenvalue weighted by atomic mass is 10.3. The van der Waals surface area contributed by atoms with Crippen molar-refractivity contribution >= 4 is 29.1 Å². The molecule has 0 unspecified atom stereocenters. The lowest BCUT2D eigenvalue weighted by Gasteiger charge is -2.09. The summed E-state index contributed by atoms with van der Waals surface area (Å²) in [6, 6.07) is 4.91. The molecular formula is C12H15Cl2NO3. The van der Waals surface area contributed by atoms with Crippen molar-refractivity contribution in [3.05, 3.63) is 28.2 Å². The second-order valence-corrected chi connectivity index (χ2v) is 4.64. The topological polar surface area (TPSA) is 58.6 Å². The van der Waals surface area contributed by atoms with Crippen molar-refractivity contribution in [3.8, 4) is 5.75 Å². The molecular weight excluding hydrogens is 277 g/mol. The summed E-state index contributed by atoms with van der Waals surface area (Å²) >= 11 is 11.6. The Balaban J connectivity index is 2.28. The van der Waals surface area contributed by atoms with Gasteiger partial charge in [0, 0.05) is 12.6 Å². The van der Waals surface area contributed by atoms with Gasteiger partial charge < -0.3 is 15.2 Å². The summed E-state index contributed by atoms with van der Waals surface area (Å²) in [5.74, 6) is 0.392. The van der Waals surface area contributed by atoms with Gasteiger partial charge in [0.25, 0.3) is 0 Å². The molecule has 0 aliphatic carbocycles. The minimum atomic E-state index is -0.551. The first-order valence-corrected chi connectivity index (χ1v) is 6.27. The number of ether oxygens (including phenoxy) is 1. The Labute approximate surface area is 116 Å². The molecule has 4 nitrogen and oxygen atoms in total. The van der Waals surface area contributed by atoms with Crippen LogP contribution in [-0.4, -0.2) is 30.3 Å². The quantitative estimate of drug-likeness (QED) is 0.845. The lowest BCUT2D eigenvalue weighted by molar-refractivity contribution is -0.122. The zero-order valence-electron chi connectivity index (χ0n) is 9.95. The highest BCUT2D eigenvalue weighted by atomic mass is 35.5. The standard InChI is InChI=1S/C12H15Cl2NO3/c1-8(16)7-15-12(17)4-5-18-9-2-3-10(13)11(14)6-9/h2-3,6,8,16H,4-5,7H2,1H3,(H,15,17)/t8-/m0/s1. The number of benzene rings is 1. The van der Waals surface area contributed by atoms with E-state index < -0.39 is 6.10 Å². The fourth-order valence-electron chi connectivity index (χ4n) is 1.18. The molecule has 0 saturated carbocycles. The number of aliphatic hydroxyl groups excluding tert-OH is 1. The van der Waals surface area contributed by atoms with Crippen molar-refractivity contribution in [1.29, 1.82) is 0 Å². The molecule has 0 radical (unpaired) electrons. The predicted molar refractivity (Wildman–Crippen MR) is 71.3 cm³/mol. The van der Waals surface area contributed by atoms with Gasteiger partial charge in [-0.15, -0.1) is 0 Å². The Morgan fingerprint density at radius 1 is 1.44 bits per heavy atom. The van der Waals surface area contributed by atoms with E-state index in [4.69, 9.17) is 33.0 Å². The molecule has 0 aliphatic rings. The van der Waals surface area contributed by atoms with E-state index in [9.17, 15) is 4.79 Å². The van der Waals surface area contributed by atoms with Crippen molar-refractivity contribution in [2.24, 2.45) is 0 Å². The fourth-order valence-corrected chi connectivity index (χ4v) is 1.47. The normalized spacial score (nSPS) is 12.0. The molecule has 0 saturated heterocycles. The zero-order chi connectivity index (χ0) is 13.5. The molecule has 0 aromatic heterocycles. The van der Waals surface area contributed by atoms with Gasteiger partial charge >= 0.3 is 0 Å². The highest BCUT2D eigenvalue weighted by Gasteiger charge is 2.04. The molecule has 100 valence electrons. The Hall–Kier alpha value is -0.970. The molecule has 0 bridgehead atoms. The maximum atomic E-state index is 11.3. The molecule has 0 spiro atoms. The Bertz CT molecular complexity index is 410. The molecule has 6 heteroatoms. The molecule has 1 aromatic carbocycles. The summed E-state index contributed by atoms with van der Waals surface area (Å²) in [7, 11) is 0. The number of nitrogens with one attached hydrogen (secondary N) is 1. The van der Waals surface area contributed by atoms with E-state index in [-0.39, 0.29) is 25.5 Å². The van der Waals surface area contributed by atoms with Crippen LogP contribution in [0.5, 0.6) is 5.75 Å². The van der Waals surface area contributed by atoms with Crippen molar-refractivity contribution in [2.75, 3.05) is 13.2 Å². The van der Waals surface area contributed by atoms with Gasteiger partial charge in [-0.2, -0.15) is 0 Å².